The number of alkyl halides is 1. The average Bonchev–Trinajstić information content (AvgIpc) is 2.51. The maximum Gasteiger partial charge on any atom is 1.00 e. The van der Waals surface area contributed by atoms with Crippen molar-refractivity contribution in [1.29, 1.82) is 0 Å². The van der Waals surface area contributed by atoms with Crippen LogP contribution in [0.25, 0.3) is 0 Å². The summed E-state index contributed by atoms with van der Waals surface area (Å²) in [6.07, 6.45) is 0. The molecule has 0 aromatic heterocycles. The smallest absolute Gasteiger partial charge is 0.872 e. The Morgan fingerprint density at radius 1 is 1.17 bits per heavy atom. The van der Waals surface area contributed by atoms with Gasteiger partial charge in [-0.2, -0.15) is 0 Å². The Morgan fingerprint density at radius 2 is 1.83 bits per heavy atom. The number of halogens is 3. The molecule has 122 valence electrons. The van der Waals surface area contributed by atoms with Gasteiger partial charge in [0.05, 0.1) is 7.49 Å². The molecule has 0 aliphatic rings. The topological polar surface area (TPSA) is 95.6 Å². The van der Waals surface area contributed by atoms with E-state index in [4.69, 9.17) is 15.6 Å². The van der Waals surface area contributed by atoms with Crippen LogP contribution in [0.3, 0.4) is 0 Å². The second-order valence-corrected chi connectivity index (χ2v) is 8.32. The third-order valence-electron chi connectivity index (χ3n) is 3.01. The first kappa shape index (κ1) is 22.7. The van der Waals surface area contributed by atoms with Crippen LogP contribution in [-0.4, -0.2) is 17.1 Å². The third kappa shape index (κ3) is 5.84. The van der Waals surface area contributed by atoms with Crippen LogP contribution in [0.15, 0.2) is 36.4 Å². The Hall–Kier alpha value is 0.660. The summed E-state index contributed by atoms with van der Waals surface area (Å²) in [5, 5.41) is 20.4. The monoisotopic (exact) mass is 673 g/mol. The largest absolute Gasteiger partial charge is 1.00 e. The molecule has 2 aromatic carbocycles. The summed E-state index contributed by atoms with van der Waals surface area (Å²) >= 11 is 6.11. The van der Waals surface area contributed by atoms with E-state index in [0.29, 0.717) is 15.1 Å². The summed E-state index contributed by atoms with van der Waals surface area (Å²) < 4.78 is 6.87. The normalized spacial score (nSPS) is 12.8. The minimum atomic E-state index is -1.04. The van der Waals surface area contributed by atoms with E-state index < -0.39 is 12.0 Å². The first-order chi connectivity index (χ1) is 10.8. The maximum absolute atomic E-state index is 11.4. The van der Waals surface area contributed by atoms with Crippen molar-refractivity contribution in [2.45, 2.75) is 9.97 Å². The van der Waals surface area contributed by atoms with Crippen LogP contribution in [0.5, 0.6) is 17.2 Å². The summed E-state index contributed by atoms with van der Waals surface area (Å²) in [7, 11) is 0. The van der Waals surface area contributed by atoms with Crippen molar-refractivity contribution in [3.63, 3.8) is 0 Å². The molecule has 0 bridgehead atoms. The van der Waals surface area contributed by atoms with Gasteiger partial charge in [-0.1, -0.05) is 40.5 Å². The molecule has 5 nitrogen and oxygen atoms in total. The fourth-order valence-corrected chi connectivity index (χ4v) is 3.61. The maximum atomic E-state index is 11.4. The Morgan fingerprint density at radius 3 is 2.38 bits per heavy atom. The van der Waals surface area contributed by atoms with Gasteiger partial charge in [-0.25, -0.2) is 0 Å². The average molecular weight is 673 g/mol. The van der Waals surface area contributed by atoms with Crippen molar-refractivity contribution >= 4 is 73.7 Å². The number of carboxylic acid groups (broad SMARTS) is 1. The van der Waals surface area contributed by atoms with E-state index in [2.05, 4.69) is 22.6 Å². The Kier molecular flexibility index (Phi) is 9.57. The molecule has 0 aliphatic heterocycles. The zero-order valence-corrected chi connectivity index (χ0v) is 21.0. The number of aliphatic carboxylic acids is 1. The summed E-state index contributed by atoms with van der Waals surface area (Å²) in [5.41, 5.74) is 6.48. The van der Waals surface area contributed by atoms with Crippen LogP contribution in [-0.2, 0) is 4.79 Å². The van der Waals surface area contributed by atoms with Crippen molar-refractivity contribution in [3.8, 4) is 17.2 Å². The number of carboxylic acids is 1. The van der Waals surface area contributed by atoms with Gasteiger partial charge < -0.3 is 20.7 Å². The quantitative estimate of drug-likeness (QED) is 0.277. The Labute approximate surface area is 202 Å². The minimum absolute atomic E-state index is 0. The molecular weight excluding hydrogens is 662 g/mol. The fraction of sp³-hybridized carbons (Fsp3) is 0.133. The van der Waals surface area contributed by atoms with Crippen molar-refractivity contribution in [2.24, 2.45) is 5.73 Å². The zero-order valence-electron chi connectivity index (χ0n) is 12.5. The molecule has 0 spiro atoms. The van der Waals surface area contributed by atoms with Gasteiger partial charge in [0.1, 0.15) is 17.5 Å². The van der Waals surface area contributed by atoms with Crippen LogP contribution < -0.4 is 45.1 Å². The zero-order chi connectivity index (χ0) is 17.1. The van der Waals surface area contributed by atoms with Crippen LogP contribution in [0, 0.1) is 7.14 Å². The van der Waals surface area contributed by atoms with E-state index in [-0.39, 0.29) is 39.2 Å². The summed E-state index contributed by atoms with van der Waals surface area (Å²) in [5.74, 6) is 0.134. The van der Waals surface area contributed by atoms with Gasteiger partial charge in [0.25, 0.3) is 0 Å². The third-order valence-corrected chi connectivity index (χ3v) is 6.19. The van der Waals surface area contributed by atoms with Crippen molar-refractivity contribution < 1.29 is 49.3 Å². The van der Waals surface area contributed by atoms with Gasteiger partial charge in [-0.05, 0) is 75.0 Å². The number of benzene rings is 2. The molecule has 2 rings (SSSR count). The van der Waals surface area contributed by atoms with E-state index in [1.807, 2.05) is 51.2 Å². The van der Waals surface area contributed by atoms with Gasteiger partial charge in [0, 0.05) is 3.57 Å². The molecule has 24 heavy (non-hydrogen) atoms. The van der Waals surface area contributed by atoms with Gasteiger partial charge >= 0.3 is 35.5 Å². The van der Waals surface area contributed by atoms with Crippen LogP contribution in [0.2, 0.25) is 0 Å². The molecule has 0 radical (unpaired) electrons. The molecule has 0 aliphatic carbocycles. The number of hydrogen-bond donors (Lipinski definition) is 2. The molecule has 0 saturated carbocycles. The second kappa shape index (κ2) is 10.1. The Balaban J connectivity index is 0.00000288. The van der Waals surface area contributed by atoms with Gasteiger partial charge in [-0.15, -0.1) is 0 Å². The van der Waals surface area contributed by atoms with E-state index >= 15 is 0 Å². The summed E-state index contributed by atoms with van der Waals surface area (Å²) in [6, 6.07) is 9.21. The molecule has 3 N–H and O–H groups in total. The van der Waals surface area contributed by atoms with Crippen LogP contribution >= 0.6 is 67.8 Å². The van der Waals surface area contributed by atoms with Crippen LogP contribution in [0.1, 0.15) is 9.49 Å². The molecule has 0 heterocycles. The second-order valence-electron chi connectivity index (χ2n) is 4.65. The predicted molar refractivity (Wildman–Crippen MR) is 110 cm³/mol. The van der Waals surface area contributed by atoms with E-state index in [0.717, 1.165) is 9.13 Å². The van der Waals surface area contributed by atoms with Gasteiger partial charge in [0.15, 0.2) is 0 Å². The summed E-state index contributed by atoms with van der Waals surface area (Å²) in [6.45, 7) is 0. The molecular formula is C15H11I3NNaO4. The number of hydrogen-bond acceptors (Lipinski definition) is 4. The van der Waals surface area contributed by atoms with E-state index in [1.54, 1.807) is 24.3 Å². The van der Waals surface area contributed by atoms with Crippen LogP contribution in [0.4, 0.5) is 0 Å². The van der Waals surface area contributed by atoms with Crippen molar-refractivity contribution in [2.75, 3.05) is 0 Å². The molecule has 0 saturated heterocycles. The van der Waals surface area contributed by atoms with Gasteiger partial charge in [-0.3, -0.25) is 4.79 Å². The standard InChI is InChI=1S/C15H12I3NO4.Na/c16-9-6-8(2-3-11(9)20)23-12-4-1-7(5-10(12)17)13(18)14(19)15(21)22;/h1-6,13-14,20H,19H2,(H,21,22);/q;+1/p-1/t13?,14-;/m0./s1. The molecule has 0 fully saturated rings. The number of ether oxygens (including phenoxy) is 1. The van der Waals surface area contributed by atoms with E-state index in [9.17, 15) is 9.90 Å². The molecule has 1 unspecified atom stereocenters. The molecule has 9 heteroatoms. The van der Waals surface area contributed by atoms with Crippen molar-refractivity contribution in [1.82, 2.24) is 0 Å². The minimum Gasteiger partial charge on any atom is -0.872 e. The van der Waals surface area contributed by atoms with E-state index in [1.165, 1.54) is 6.07 Å². The number of nitrogens with two attached hydrogens (primary N) is 1. The predicted octanol–water partition coefficient (Wildman–Crippen LogP) is 0.654. The number of carbonyl (C=O) groups is 1. The fourth-order valence-electron chi connectivity index (χ4n) is 1.78. The SMILES string of the molecule is N[C@H](C(=O)O)C(I)c1ccc(Oc2ccc([O-])c(I)c2)c(I)c1.[Na+]. The first-order valence-corrected chi connectivity index (χ1v) is 9.76. The van der Waals surface area contributed by atoms with Crippen molar-refractivity contribution in [3.05, 3.63) is 49.1 Å². The summed E-state index contributed by atoms with van der Waals surface area (Å²) in [4.78, 5) is 11.0. The first-order valence-electron chi connectivity index (χ1n) is 6.36. The van der Waals surface area contributed by atoms with Gasteiger partial charge in [0.2, 0.25) is 0 Å². The number of rotatable bonds is 5. The Bertz CT molecular complexity index is 745. The molecule has 0 amide bonds. The molecule has 2 atom stereocenters. The molecule has 2 aromatic rings.